The van der Waals surface area contributed by atoms with E-state index in [1.54, 1.807) is 0 Å². The summed E-state index contributed by atoms with van der Waals surface area (Å²) in [5.74, 6) is -0.599. The molecule has 4 nitrogen and oxygen atoms in total. The van der Waals surface area contributed by atoms with Crippen LogP contribution < -0.4 is 0 Å². The third-order valence-electron chi connectivity index (χ3n) is 7.10. The zero-order chi connectivity index (χ0) is 27.4. The standard InChI is InChI=1S/C33H62O4/c1-5-9-12-15-18-19-20-23-27-31(33(35)37-29-25-22-17-14-11-7-3)30(26-8-4)32(34)36-28-24-21-16-13-10-6-2/h5-29H2,1-4H3/b31-30-. The topological polar surface area (TPSA) is 52.6 Å². The zero-order valence-electron chi connectivity index (χ0n) is 25.3. The first-order chi connectivity index (χ1) is 18.1. The SMILES string of the molecule is CCCCCCCCCC/C(C(=O)OCCCCCCCC)=C(\CCC)C(=O)OCCCCCCCC. The van der Waals surface area contributed by atoms with Gasteiger partial charge in [0.05, 0.1) is 13.2 Å². The van der Waals surface area contributed by atoms with Gasteiger partial charge in [-0.2, -0.15) is 0 Å². The average molecular weight is 523 g/mol. The number of hydrogen-bond acceptors (Lipinski definition) is 4. The zero-order valence-corrected chi connectivity index (χ0v) is 25.3. The van der Waals surface area contributed by atoms with E-state index in [2.05, 4.69) is 27.7 Å². The van der Waals surface area contributed by atoms with Crippen molar-refractivity contribution in [2.24, 2.45) is 0 Å². The lowest BCUT2D eigenvalue weighted by molar-refractivity contribution is -0.142. The Morgan fingerprint density at radius 2 is 0.703 bits per heavy atom. The molecule has 0 N–H and O–H groups in total. The van der Waals surface area contributed by atoms with E-state index in [4.69, 9.17) is 9.47 Å². The van der Waals surface area contributed by atoms with Crippen LogP contribution in [0, 0.1) is 0 Å². The van der Waals surface area contributed by atoms with Gasteiger partial charge >= 0.3 is 11.9 Å². The first-order valence-corrected chi connectivity index (χ1v) is 16.2. The van der Waals surface area contributed by atoms with E-state index in [1.807, 2.05) is 0 Å². The Kier molecular flexibility index (Phi) is 26.7. The predicted octanol–water partition coefficient (Wildman–Crippen LogP) is 10.4. The molecular weight excluding hydrogens is 460 g/mol. The van der Waals surface area contributed by atoms with Gasteiger partial charge in [-0.1, -0.05) is 143 Å². The Balaban J connectivity index is 4.93. The van der Waals surface area contributed by atoms with E-state index in [0.29, 0.717) is 37.2 Å². The van der Waals surface area contributed by atoms with E-state index in [9.17, 15) is 9.59 Å². The number of esters is 2. The highest BCUT2D eigenvalue weighted by molar-refractivity contribution is 6.00. The molecule has 0 aromatic carbocycles. The van der Waals surface area contributed by atoms with Crippen molar-refractivity contribution < 1.29 is 19.1 Å². The summed E-state index contributed by atoms with van der Waals surface area (Å²) < 4.78 is 11.3. The molecule has 37 heavy (non-hydrogen) atoms. The van der Waals surface area contributed by atoms with Crippen LogP contribution in [-0.2, 0) is 19.1 Å². The second-order valence-electron chi connectivity index (χ2n) is 10.7. The maximum atomic E-state index is 13.1. The molecule has 0 rings (SSSR count). The van der Waals surface area contributed by atoms with Crippen LogP contribution in [0.4, 0.5) is 0 Å². The Bertz CT molecular complexity index is 567. The molecule has 4 heteroatoms. The van der Waals surface area contributed by atoms with Crippen molar-refractivity contribution in [2.45, 2.75) is 175 Å². The molecule has 0 bridgehead atoms. The minimum atomic E-state index is -0.304. The fraction of sp³-hybridized carbons (Fsp3) is 0.879. The predicted molar refractivity (Wildman–Crippen MR) is 158 cm³/mol. The van der Waals surface area contributed by atoms with E-state index in [0.717, 1.165) is 44.9 Å². The minimum Gasteiger partial charge on any atom is -0.462 e. The fourth-order valence-corrected chi connectivity index (χ4v) is 4.71. The molecule has 0 atom stereocenters. The lowest BCUT2D eigenvalue weighted by Gasteiger charge is -2.15. The van der Waals surface area contributed by atoms with E-state index in [1.165, 1.54) is 89.9 Å². The molecule has 0 aromatic rings. The molecule has 0 aliphatic rings. The molecule has 0 aliphatic carbocycles. The van der Waals surface area contributed by atoms with Gasteiger partial charge in [-0.15, -0.1) is 0 Å². The monoisotopic (exact) mass is 522 g/mol. The Labute approximate surface area is 230 Å². The highest BCUT2D eigenvalue weighted by atomic mass is 16.5. The summed E-state index contributed by atoms with van der Waals surface area (Å²) in [4.78, 5) is 26.2. The molecule has 0 aliphatic heterocycles. The number of carbonyl (C=O) groups is 2. The van der Waals surface area contributed by atoms with Gasteiger partial charge in [0.25, 0.3) is 0 Å². The summed E-state index contributed by atoms with van der Waals surface area (Å²) >= 11 is 0. The number of rotatable bonds is 27. The van der Waals surface area contributed by atoms with Crippen LogP contribution in [0.5, 0.6) is 0 Å². The number of unbranched alkanes of at least 4 members (excludes halogenated alkanes) is 17. The van der Waals surface area contributed by atoms with Gasteiger partial charge in [-0.05, 0) is 32.1 Å². The van der Waals surface area contributed by atoms with Gasteiger partial charge in [0.1, 0.15) is 0 Å². The van der Waals surface area contributed by atoms with Gasteiger partial charge < -0.3 is 9.47 Å². The second-order valence-corrected chi connectivity index (χ2v) is 10.7. The lowest BCUT2D eigenvalue weighted by Crippen LogP contribution is -2.18. The molecule has 0 fully saturated rings. The van der Waals surface area contributed by atoms with Gasteiger partial charge in [0, 0.05) is 11.1 Å². The van der Waals surface area contributed by atoms with Gasteiger partial charge in [-0.3, -0.25) is 0 Å². The van der Waals surface area contributed by atoms with E-state index >= 15 is 0 Å². The van der Waals surface area contributed by atoms with Crippen molar-refractivity contribution in [3.05, 3.63) is 11.1 Å². The van der Waals surface area contributed by atoms with Gasteiger partial charge in [0.15, 0.2) is 0 Å². The molecule has 0 saturated heterocycles. The molecule has 218 valence electrons. The summed E-state index contributed by atoms with van der Waals surface area (Å²) in [6.45, 7) is 9.61. The smallest absolute Gasteiger partial charge is 0.334 e. The van der Waals surface area contributed by atoms with Crippen molar-refractivity contribution in [1.29, 1.82) is 0 Å². The summed E-state index contributed by atoms with van der Waals surface area (Å²) in [7, 11) is 0. The highest BCUT2D eigenvalue weighted by Crippen LogP contribution is 2.22. The number of carbonyl (C=O) groups excluding carboxylic acids is 2. The van der Waals surface area contributed by atoms with Crippen LogP contribution in [-0.4, -0.2) is 25.2 Å². The first kappa shape index (κ1) is 35.7. The highest BCUT2D eigenvalue weighted by Gasteiger charge is 2.22. The normalized spacial score (nSPS) is 11.9. The van der Waals surface area contributed by atoms with Gasteiger partial charge in [-0.25, -0.2) is 9.59 Å². The quantitative estimate of drug-likeness (QED) is 0.0611. The lowest BCUT2D eigenvalue weighted by atomic mass is 9.97. The van der Waals surface area contributed by atoms with Crippen LogP contribution in [0.2, 0.25) is 0 Å². The largest absolute Gasteiger partial charge is 0.462 e. The number of hydrogen-bond donors (Lipinski definition) is 0. The molecule has 0 amide bonds. The molecule has 0 aromatic heterocycles. The van der Waals surface area contributed by atoms with Crippen molar-refractivity contribution >= 4 is 11.9 Å². The fourth-order valence-electron chi connectivity index (χ4n) is 4.71. The molecule has 0 heterocycles. The average Bonchev–Trinajstić information content (AvgIpc) is 2.90. The third-order valence-corrected chi connectivity index (χ3v) is 7.10. The molecule has 0 radical (unpaired) electrons. The van der Waals surface area contributed by atoms with E-state index < -0.39 is 0 Å². The summed E-state index contributed by atoms with van der Waals surface area (Å²) in [5, 5.41) is 0. The Hall–Kier alpha value is -1.32. The Morgan fingerprint density at radius 1 is 0.378 bits per heavy atom. The molecular formula is C33H62O4. The van der Waals surface area contributed by atoms with Crippen molar-refractivity contribution in [1.82, 2.24) is 0 Å². The number of ether oxygens (including phenoxy) is 2. The van der Waals surface area contributed by atoms with E-state index in [-0.39, 0.29) is 11.9 Å². The minimum absolute atomic E-state index is 0.295. The summed E-state index contributed by atoms with van der Waals surface area (Å²) in [6.07, 6.45) is 25.5. The van der Waals surface area contributed by atoms with Crippen molar-refractivity contribution in [3.8, 4) is 0 Å². The van der Waals surface area contributed by atoms with Crippen LogP contribution in [0.15, 0.2) is 11.1 Å². The van der Waals surface area contributed by atoms with Crippen LogP contribution >= 0.6 is 0 Å². The summed E-state index contributed by atoms with van der Waals surface area (Å²) in [5.41, 5.74) is 1.14. The summed E-state index contributed by atoms with van der Waals surface area (Å²) in [6, 6.07) is 0. The molecule has 0 spiro atoms. The Morgan fingerprint density at radius 3 is 1.08 bits per heavy atom. The van der Waals surface area contributed by atoms with Crippen LogP contribution in [0.25, 0.3) is 0 Å². The first-order valence-electron chi connectivity index (χ1n) is 16.2. The van der Waals surface area contributed by atoms with Crippen LogP contribution in [0.3, 0.4) is 0 Å². The van der Waals surface area contributed by atoms with Gasteiger partial charge in [0.2, 0.25) is 0 Å². The van der Waals surface area contributed by atoms with Crippen molar-refractivity contribution in [3.63, 3.8) is 0 Å². The molecule has 0 unspecified atom stereocenters. The maximum absolute atomic E-state index is 13.1. The third kappa shape index (κ3) is 21.3. The molecule has 0 saturated carbocycles. The second kappa shape index (κ2) is 27.7. The maximum Gasteiger partial charge on any atom is 0.334 e. The van der Waals surface area contributed by atoms with Crippen LogP contribution in [0.1, 0.15) is 175 Å². The van der Waals surface area contributed by atoms with Crippen molar-refractivity contribution in [2.75, 3.05) is 13.2 Å².